The highest BCUT2D eigenvalue weighted by atomic mass is 16.5. The molecule has 8 nitrogen and oxygen atoms in total. The Labute approximate surface area is 181 Å². The first-order valence-electron chi connectivity index (χ1n) is 10.5. The van der Waals surface area contributed by atoms with Gasteiger partial charge in [-0.3, -0.25) is 0 Å². The van der Waals surface area contributed by atoms with E-state index in [9.17, 15) is 5.11 Å². The molecule has 0 amide bonds. The monoisotopic (exact) mass is 421 g/mol. The standard InChI is InChI=1S/C23H27N5O3/c1-16(29)23-26-10-11-28(23)15-19-13-21(31-27-19)7-4-17-2-5-20(6-3-17)30-22-12-18(22)14-25-9-8-24/h2-3,5-6,10-11,13,16,18,22,25,29H,8-9,12,14-15,24H2,1H3. The van der Waals surface area contributed by atoms with Crippen LogP contribution in [0.2, 0.25) is 0 Å². The van der Waals surface area contributed by atoms with E-state index in [1.165, 1.54) is 0 Å². The Morgan fingerprint density at radius 3 is 2.97 bits per heavy atom. The number of nitrogens with two attached hydrogens (primary N) is 1. The average Bonchev–Trinajstić information content (AvgIpc) is 3.14. The van der Waals surface area contributed by atoms with E-state index >= 15 is 0 Å². The Hall–Kier alpha value is -3.12. The van der Waals surface area contributed by atoms with Crippen LogP contribution in [0.25, 0.3) is 0 Å². The fourth-order valence-electron chi connectivity index (χ4n) is 3.34. The highest BCUT2D eigenvalue weighted by Crippen LogP contribution is 2.34. The molecule has 0 saturated heterocycles. The van der Waals surface area contributed by atoms with Crippen LogP contribution >= 0.6 is 0 Å². The highest BCUT2D eigenvalue weighted by molar-refractivity contribution is 5.42. The molecule has 0 radical (unpaired) electrons. The van der Waals surface area contributed by atoms with Crippen LogP contribution < -0.4 is 15.8 Å². The number of aliphatic hydroxyl groups excluding tert-OH is 1. The summed E-state index contributed by atoms with van der Waals surface area (Å²) in [6.07, 6.45) is 4.15. The number of aromatic nitrogens is 3. The molecule has 1 aliphatic carbocycles. The number of hydrogen-bond donors (Lipinski definition) is 3. The first kappa shape index (κ1) is 21.1. The second kappa shape index (κ2) is 9.79. The van der Waals surface area contributed by atoms with E-state index in [0.717, 1.165) is 30.8 Å². The van der Waals surface area contributed by atoms with E-state index in [2.05, 4.69) is 27.3 Å². The van der Waals surface area contributed by atoms with Crippen molar-refractivity contribution in [3.05, 3.63) is 65.6 Å². The molecule has 3 aromatic rings. The molecule has 1 aliphatic rings. The molecule has 1 fully saturated rings. The van der Waals surface area contributed by atoms with Gasteiger partial charge < -0.3 is 30.0 Å². The third kappa shape index (κ3) is 5.73. The maximum Gasteiger partial charge on any atom is 0.210 e. The molecule has 3 atom stereocenters. The summed E-state index contributed by atoms with van der Waals surface area (Å²) in [5.74, 6) is 8.56. The zero-order valence-corrected chi connectivity index (χ0v) is 17.5. The van der Waals surface area contributed by atoms with Crippen LogP contribution in [0.4, 0.5) is 0 Å². The predicted molar refractivity (Wildman–Crippen MR) is 115 cm³/mol. The van der Waals surface area contributed by atoms with Crippen molar-refractivity contribution in [3.63, 3.8) is 0 Å². The summed E-state index contributed by atoms with van der Waals surface area (Å²) in [6.45, 7) is 4.59. The summed E-state index contributed by atoms with van der Waals surface area (Å²) in [7, 11) is 0. The fourth-order valence-corrected chi connectivity index (χ4v) is 3.34. The minimum Gasteiger partial charge on any atom is -0.490 e. The van der Waals surface area contributed by atoms with Crippen LogP contribution in [0.5, 0.6) is 5.75 Å². The minimum absolute atomic E-state index is 0.277. The summed E-state index contributed by atoms with van der Waals surface area (Å²) in [4.78, 5) is 4.15. The Morgan fingerprint density at radius 2 is 2.19 bits per heavy atom. The molecule has 162 valence electrons. The molecule has 2 heterocycles. The molecule has 31 heavy (non-hydrogen) atoms. The second-order valence-electron chi connectivity index (χ2n) is 7.69. The van der Waals surface area contributed by atoms with Gasteiger partial charge in [0.15, 0.2) is 0 Å². The first-order valence-corrected chi connectivity index (χ1v) is 10.5. The molecular weight excluding hydrogens is 394 g/mol. The van der Waals surface area contributed by atoms with Crippen LogP contribution in [0.15, 0.2) is 47.2 Å². The van der Waals surface area contributed by atoms with Crippen molar-refractivity contribution in [2.75, 3.05) is 19.6 Å². The van der Waals surface area contributed by atoms with Gasteiger partial charge in [0.2, 0.25) is 5.76 Å². The summed E-state index contributed by atoms with van der Waals surface area (Å²) in [5.41, 5.74) is 7.07. The van der Waals surface area contributed by atoms with E-state index in [1.807, 2.05) is 28.8 Å². The maximum atomic E-state index is 9.75. The zero-order valence-electron chi connectivity index (χ0n) is 17.5. The lowest BCUT2D eigenvalue weighted by atomic mass is 10.2. The summed E-state index contributed by atoms with van der Waals surface area (Å²) in [5, 5.41) is 17.1. The van der Waals surface area contributed by atoms with Crippen LogP contribution in [0.1, 0.15) is 42.3 Å². The van der Waals surface area contributed by atoms with Crippen molar-refractivity contribution in [1.29, 1.82) is 0 Å². The number of benzene rings is 1. The van der Waals surface area contributed by atoms with Crippen molar-refractivity contribution in [2.24, 2.45) is 11.7 Å². The normalized spacial score (nSPS) is 18.3. The van der Waals surface area contributed by atoms with E-state index in [4.69, 9.17) is 15.0 Å². The van der Waals surface area contributed by atoms with Crippen molar-refractivity contribution >= 4 is 0 Å². The highest BCUT2D eigenvalue weighted by Gasteiger charge is 2.38. The van der Waals surface area contributed by atoms with Gasteiger partial charge in [0, 0.05) is 49.6 Å². The molecule has 4 N–H and O–H groups in total. The number of imidazole rings is 1. The molecule has 2 aromatic heterocycles. The molecule has 0 spiro atoms. The van der Waals surface area contributed by atoms with Crippen molar-refractivity contribution in [1.82, 2.24) is 20.0 Å². The Kier molecular flexibility index (Phi) is 6.67. The van der Waals surface area contributed by atoms with Gasteiger partial charge >= 0.3 is 0 Å². The van der Waals surface area contributed by atoms with E-state index in [0.29, 0.717) is 36.3 Å². The van der Waals surface area contributed by atoms with Crippen LogP contribution in [0.3, 0.4) is 0 Å². The SMILES string of the molecule is CC(O)c1nccn1Cc1cc(C#Cc2ccc(OC3CC3CNCCN)cc2)on1. The number of ether oxygens (including phenoxy) is 1. The fraction of sp³-hybridized carbons (Fsp3) is 0.391. The molecule has 4 rings (SSSR count). The molecular formula is C23H27N5O3. The zero-order chi connectivity index (χ0) is 21.6. The lowest BCUT2D eigenvalue weighted by Crippen LogP contribution is -2.25. The summed E-state index contributed by atoms with van der Waals surface area (Å²) < 4.78 is 13.1. The lowest BCUT2D eigenvalue weighted by molar-refractivity contribution is 0.184. The van der Waals surface area contributed by atoms with Crippen molar-refractivity contribution in [2.45, 2.75) is 32.1 Å². The van der Waals surface area contributed by atoms with Crippen LogP contribution in [-0.2, 0) is 6.54 Å². The van der Waals surface area contributed by atoms with Gasteiger partial charge in [-0.25, -0.2) is 4.98 Å². The number of aliphatic hydroxyl groups is 1. The third-order valence-corrected chi connectivity index (χ3v) is 5.07. The Morgan fingerprint density at radius 1 is 1.35 bits per heavy atom. The molecule has 8 heteroatoms. The molecule has 0 aliphatic heterocycles. The van der Waals surface area contributed by atoms with Crippen molar-refractivity contribution in [3.8, 4) is 17.6 Å². The maximum absolute atomic E-state index is 9.75. The van der Waals surface area contributed by atoms with Gasteiger partial charge in [-0.2, -0.15) is 0 Å². The van der Waals surface area contributed by atoms with E-state index in [1.54, 1.807) is 25.4 Å². The predicted octanol–water partition coefficient (Wildman–Crippen LogP) is 1.69. The number of hydrogen-bond acceptors (Lipinski definition) is 7. The van der Waals surface area contributed by atoms with Gasteiger partial charge in [0.1, 0.15) is 29.5 Å². The summed E-state index contributed by atoms with van der Waals surface area (Å²) in [6, 6.07) is 9.54. The third-order valence-electron chi connectivity index (χ3n) is 5.07. The van der Waals surface area contributed by atoms with Crippen LogP contribution in [-0.4, -0.2) is 45.6 Å². The van der Waals surface area contributed by atoms with Crippen molar-refractivity contribution < 1.29 is 14.4 Å². The van der Waals surface area contributed by atoms with Gasteiger partial charge in [-0.15, -0.1) is 0 Å². The quantitative estimate of drug-likeness (QED) is 0.356. The van der Waals surface area contributed by atoms with Gasteiger partial charge in [0.25, 0.3) is 0 Å². The largest absolute Gasteiger partial charge is 0.490 e. The van der Waals surface area contributed by atoms with Gasteiger partial charge in [-0.05, 0) is 43.5 Å². The Bertz CT molecular complexity index is 1050. The van der Waals surface area contributed by atoms with Gasteiger partial charge in [-0.1, -0.05) is 11.1 Å². The smallest absolute Gasteiger partial charge is 0.210 e. The first-order chi connectivity index (χ1) is 15.1. The minimum atomic E-state index is -0.647. The van der Waals surface area contributed by atoms with E-state index < -0.39 is 6.10 Å². The number of nitrogens with one attached hydrogen (secondary N) is 1. The Balaban J connectivity index is 1.30. The van der Waals surface area contributed by atoms with Crippen LogP contribution in [0, 0.1) is 17.8 Å². The second-order valence-corrected chi connectivity index (χ2v) is 7.69. The molecule has 1 saturated carbocycles. The molecule has 1 aromatic carbocycles. The topological polar surface area (TPSA) is 111 Å². The van der Waals surface area contributed by atoms with E-state index in [-0.39, 0.29) is 6.10 Å². The number of nitrogens with zero attached hydrogens (tertiary/aromatic N) is 3. The molecule has 0 bridgehead atoms. The lowest BCUT2D eigenvalue weighted by Gasteiger charge is -2.07. The van der Waals surface area contributed by atoms with Gasteiger partial charge in [0.05, 0.1) is 6.54 Å². The average molecular weight is 422 g/mol. The summed E-state index contributed by atoms with van der Waals surface area (Å²) >= 11 is 0. The molecule has 3 unspecified atom stereocenters. The number of rotatable bonds is 9.